The van der Waals surface area contributed by atoms with Crippen molar-refractivity contribution in [2.75, 3.05) is 6.61 Å². The fourth-order valence-corrected chi connectivity index (χ4v) is 4.48. The van der Waals surface area contributed by atoms with Crippen LogP contribution in [-0.2, 0) is 6.42 Å². The zero-order valence-electron chi connectivity index (χ0n) is 19.1. The first-order chi connectivity index (χ1) is 14.8. The number of aromatic nitrogens is 2. The number of hydrogen-bond donors (Lipinski definition) is 0. The first-order valence-corrected chi connectivity index (χ1v) is 12.3. The Bertz CT molecular complexity index is 703. The molecule has 30 heavy (non-hydrogen) atoms. The molecule has 3 rings (SSSR count). The highest BCUT2D eigenvalue weighted by Crippen LogP contribution is 2.32. The molecule has 0 bridgehead atoms. The quantitative estimate of drug-likeness (QED) is 0.338. The summed E-state index contributed by atoms with van der Waals surface area (Å²) < 4.78 is 6.10. The smallest absolute Gasteiger partial charge is 0.159 e. The summed E-state index contributed by atoms with van der Waals surface area (Å²) in [5, 5.41) is 0. The summed E-state index contributed by atoms with van der Waals surface area (Å²) in [6.45, 7) is 5.39. The molecular formula is C27H40N2O. The van der Waals surface area contributed by atoms with E-state index in [1.165, 1.54) is 76.2 Å². The summed E-state index contributed by atoms with van der Waals surface area (Å²) in [7, 11) is 0. The van der Waals surface area contributed by atoms with Gasteiger partial charge in [-0.25, -0.2) is 9.97 Å². The second kappa shape index (κ2) is 12.7. The van der Waals surface area contributed by atoms with Gasteiger partial charge in [-0.1, -0.05) is 65.2 Å². The Morgan fingerprint density at radius 2 is 1.47 bits per heavy atom. The fourth-order valence-electron chi connectivity index (χ4n) is 4.48. The summed E-state index contributed by atoms with van der Waals surface area (Å²) in [4.78, 5) is 9.15. The van der Waals surface area contributed by atoms with Crippen LogP contribution >= 0.6 is 0 Å². The van der Waals surface area contributed by atoms with Crippen molar-refractivity contribution in [1.82, 2.24) is 9.97 Å². The average molecular weight is 409 g/mol. The van der Waals surface area contributed by atoms with Gasteiger partial charge < -0.3 is 4.74 Å². The number of hydrogen-bond acceptors (Lipinski definition) is 3. The molecule has 0 spiro atoms. The van der Waals surface area contributed by atoms with Gasteiger partial charge in [-0.3, -0.25) is 0 Å². The van der Waals surface area contributed by atoms with E-state index in [0.29, 0.717) is 0 Å². The van der Waals surface area contributed by atoms with Crippen LogP contribution in [-0.4, -0.2) is 16.6 Å². The molecule has 0 atom stereocenters. The van der Waals surface area contributed by atoms with E-state index in [9.17, 15) is 0 Å². The number of unbranched alkanes of at least 4 members (excludes halogenated alkanes) is 4. The Morgan fingerprint density at radius 1 is 0.800 bits per heavy atom. The molecule has 1 aliphatic rings. The summed E-state index contributed by atoms with van der Waals surface area (Å²) in [5.74, 6) is 3.43. The van der Waals surface area contributed by atoms with Crippen molar-refractivity contribution < 1.29 is 4.74 Å². The first kappa shape index (κ1) is 22.8. The summed E-state index contributed by atoms with van der Waals surface area (Å²) >= 11 is 0. The van der Waals surface area contributed by atoms with E-state index in [1.807, 2.05) is 12.4 Å². The van der Waals surface area contributed by atoms with Crippen molar-refractivity contribution in [3.63, 3.8) is 0 Å². The van der Waals surface area contributed by atoms with Gasteiger partial charge in [-0.05, 0) is 67.3 Å². The third-order valence-electron chi connectivity index (χ3n) is 6.55. The van der Waals surface area contributed by atoms with Crippen molar-refractivity contribution in [3.8, 4) is 17.1 Å². The van der Waals surface area contributed by atoms with E-state index in [-0.39, 0.29) is 0 Å². The lowest BCUT2D eigenvalue weighted by Gasteiger charge is -2.28. The Kier molecular flexibility index (Phi) is 9.66. The van der Waals surface area contributed by atoms with Crippen LogP contribution < -0.4 is 4.74 Å². The number of ether oxygens (including phenoxy) is 1. The van der Waals surface area contributed by atoms with Gasteiger partial charge in [0.1, 0.15) is 5.75 Å². The highest BCUT2D eigenvalue weighted by molar-refractivity contribution is 5.55. The van der Waals surface area contributed by atoms with Crippen molar-refractivity contribution in [3.05, 3.63) is 42.2 Å². The third-order valence-corrected chi connectivity index (χ3v) is 6.55. The maximum atomic E-state index is 6.10. The predicted molar refractivity (Wildman–Crippen MR) is 126 cm³/mol. The highest BCUT2D eigenvalue weighted by atomic mass is 16.5. The standard InChI is InChI=1S/C27H40N2O/c1-3-5-7-8-10-24-19-28-27(29-20-24)25-15-17-26(18-16-25)30-21-23-13-11-22(12-14-23)9-6-4-2/h15-20,22-23H,3-14,21H2,1-2H3. The van der Waals surface area contributed by atoms with Crippen LogP contribution in [0.4, 0.5) is 0 Å². The monoisotopic (exact) mass is 408 g/mol. The molecule has 164 valence electrons. The summed E-state index contributed by atoms with van der Waals surface area (Å²) in [5.41, 5.74) is 2.29. The van der Waals surface area contributed by atoms with Crippen molar-refractivity contribution >= 4 is 0 Å². The van der Waals surface area contributed by atoms with E-state index in [1.54, 1.807) is 0 Å². The van der Waals surface area contributed by atoms with Gasteiger partial charge in [0.25, 0.3) is 0 Å². The molecule has 3 nitrogen and oxygen atoms in total. The summed E-state index contributed by atoms with van der Waals surface area (Å²) in [6, 6.07) is 8.27. The van der Waals surface area contributed by atoms with Gasteiger partial charge >= 0.3 is 0 Å². The molecule has 1 aromatic heterocycles. The Balaban J connectivity index is 1.41. The van der Waals surface area contributed by atoms with Gasteiger partial charge in [-0.15, -0.1) is 0 Å². The molecule has 0 saturated heterocycles. The lowest BCUT2D eigenvalue weighted by Crippen LogP contribution is -2.20. The Labute approximate surface area is 183 Å². The Hall–Kier alpha value is -1.90. The SMILES string of the molecule is CCCCCCc1cnc(-c2ccc(OCC3CCC(CCCC)CC3)cc2)nc1. The molecule has 1 fully saturated rings. The second-order valence-corrected chi connectivity index (χ2v) is 9.09. The van der Waals surface area contributed by atoms with Gasteiger partial charge in [-0.2, -0.15) is 0 Å². The first-order valence-electron chi connectivity index (χ1n) is 12.3. The van der Waals surface area contributed by atoms with Crippen LogP contribution in [0.2, 0.25) is 0 Å². The molecule has 0 aliphatic heterocycles. The van der Waals surface area contributed by atoms with Crippen LogP contribution in [0, 0.1) is 11.8 Å². The van der Waals surface area contributed by atoms with Crippen LogP contribution in [0.25, 0.3) is 11.4 Å². The molecule has 0 amide bonds. The van der Waals surface area contributed by atoms with Gasteiger partial charge in [0.15, 0.2) is 5.82 Å². The summed E-state index contributed by atoms with van der Waals surface area (Å²) in [6.07, 6.45) is 19.7. The second-order valence-electron chi connectivity index (χ2n) is 9.09. The highest BCUT2D eigenvalue weighted by Gasteiger charge is 2.21. The predicted octanol–water partition coefficient (Wildman–Crippen LogP) is 7.64. The molecule has 1 saturated carbocycles. The van der Waals surface area contributed by atoms with E-state index < -0.39 is 0 Å². The molecule has 1 heterocycles. The van der Waals surface area contributed by atoms with E-state index >= 15 is 0 Å². The zero-order chi connectivity index (χ0) is 21.0. The van der Waals surface area contributed by atoms with Crippen molar-refractivity contribution in [1.29, 1.82) is 0 Å². The van der Waals surface area contributed by atoms with E-state index in [4.69, 9.17) is 4.74 Å². The third kappa shape index (κ3) is 7.41. The molecule has 2 aromatic rings. The minimum Gasteiger partial charge on any atom is -0.493 e. The molecule has 1 aliphatic carbocycles. The van der Waals surface area contributed by atoms with Crippen LogP contribution in [0.15, 0.2) is 36.7 Å². The minimum atomic E-state index is 0.718. The maximum absolute atomic E-state index is 6.10. The van der Waals surface area contributed by atoms with Crippen LogP contribution in [0.5, 0.6) is 5.75 Å². The van der Waals surface area contributed by atoms with E-state index in [2.05, 4.69) is 48.1 Å². The number of benzene rings is 1. The number of aryl methyl sites for hydroxylation is 1. The van der Waals surface area contributed by atoms with E-state index in [0.717, 1.165) is 42.0 Å². The number of nitrogens with zero attached hydrogens (tertiary/aromatic N) is 2. The fraction of sp³-hybridized carbons (Fsp3) is 0.630. The minimum absolute atomic E-state index is 0.718. The molecule has 0 unspecified atom stereocenters. The largest absolute Gasteiger partial charge is 0.493 e. The molecule has 0 radical (unpaired) electrons. The topological polar surface area (TPSA) is 35.0 Å². The molecular weight excluding hydrogens is 368 g/mol. The number of rotatable bonds is 12. The van der Waals surface area contributed by atoms with Crippen molar-refractivity contribution in [2.45, 2.75) is 90.9 Å². The van der Waals surface area contributed by atoms with Gasteiger partial charge in [0, 0.05) is 18.0 Å². The van der Waals surface area contributed by atoms with Crippen LogP contribution in [0.1, 0.15) is 90.0 Å². The Morgan fingerprint density at radius 3 is 2.13 bits per heavy atom. The average Bonchev–Trinajstić information content (AvgIpc) is 2.81. The van der Waals surface area contributed by atoms with Crippen molar-refractivity contribution in [2.24, 2.45) is 11.8 Å². The van der Waals surface area contributed by atoms with Crippen LogP contribution in [0.3, 0.4) is 0 Å². The molecule has 1 aromatic carbocycles. The van der Waals surface area contributed by atoms with Gasteiger partial charge in [0.05, 0.1) is 6.61 Å². The molecule has 0 N–H and O–H groups in total. The van der Waals surface area contributed by atoms with Gasteiger partial charge in [0.2, 0.25) is 0 Å². The molecule has 3 heteroatoms. The normalized spacial score (nSPS) is 19.0. The zero-order valence-corrected chi connectivity index (χ0v) is 19.1. The lowest BCUT2D eigenvalue weighted by molar-refractivity contribution is 0.178. The lowest BCUT2D eigenvalue weighted by atomic mass is 9.80. The maximum Gasteiger partial charge on any atom is 0.159 e.